The first-order valence-electron chi connectivity index (χ1n) is 4.37. The maximum absolute atomic E-state index is 9.58. The fourth-order valence-corrected chi connectivity index (χ4v) is 1.46. The van der Waals surface area contributed by atoms with Gasteiger partial charge in [-0.05, 0) is 37.1 Å². The first kappa shape index (κ1) is 8.81. The van der Waals surface area contributed by atoms with Crippen LogP contribution in [0.25, 0.3) is 11.3 Å². The number of benzene rings is 1. The van der Waals surface area contributed by atoms with Crippen molar-refractivity contribution >= 4 is 0 Å². The van der Waals surface area contributed by atoms with Crippen LogP contribution in [0.5, 0.6) is 5.75 Å². The van der Waals surface area contributed by atoms with E-state index in [1.165, 1.54) is 6.39 Å². The second kappa shape index (κ2) is 3.18. The highest BCUT2D eigenvalue weighted by Crippen LogP contribution is 2.28. The number of phenolic OH excluding ortho intramolecular Hbond substituents is 1. The first-order valence-corrected chi connectivity index (χ1v) is 4.37. The molecule has 2 rings (SSSR count). The van der Waals surface area contributed by atoms with Gasteiger partial charge in [0.15, 0.2) is 12.2 Å². The average molecular weight is 189 g/mol. The van der Waals surface area contributed by atoms with Gasteiger partial charge >= 0.3 is 0 Å². The molecular formula is C11H11NO2. The molecular weight excluding hydrogens is 178 g/mol. The Hall–Kier alpha value is -1.77. The summed E-state index contributed by atoms with van der Waals surface area (Å²) in [6.45, 7) is 3.73. The molecule has 1 N–H and O–H groups in total. The van der Waals surface area contributed by atoms with Gasteiger partial charge in [0.2, 0.25) is 0 Å². The monoisotopic (exact) mass is 189 g/mol. The van der Waals surface area contributed by atoms with E-state index in [1.807, 2.05) is 26.0 Å². The van der Waals surface area contributed by atoms with Gasteiger partial charge in [-0.15, -0.1) is 0 Å². The van der Waals surface area contributed by atoms with Gasteiger partial charge in [0.05, 0.1) is 6.20 Å². The van der Waals surface area contributed by atoms with Crippen molar-refractivity contribution in [2.45, 2.75) is 13.8 Å². The van der Waals surface area contributed by atoms with Gasteiger partial charge in [-0.2, -0.15) is 0 Å². The zero-order valence-electron chi connectivity index (χ0n) is 8.11. The molecule has 0 saturated carbocycles. The highest BCUT2D eigenvalue weighted by atomic mass is 16.3. The van der Waals surface area contributed by atoms with Crippen molar-refractivity contribution in [3.8, 4) is 17.1 Å². The Kier molecular flexibility index (Phi) is 2.00. The Balaban J connectivity index is 2.57. The van der Waals surface area contributed by atoms with E-state index >= 15 is 0 Å². The maximum atomic E-state index is 9.58. The van der Waals surface area contributed by atoms with Crippen LogP contribution < -0.4 is 0 Å². The molecule has 0 bridgehead atoms. The second-order valence-electron chi connectivity index (χ2n) is 3.32. The zero-order chi connectivity index (χ0) is 10.1. The molecule has 0 aliphatic heterocycles. The van der Waals surface area contributed by atoms with Crippen molar-refractivity contribution < 1.29 is 9.52 Å². The molecule has 0 saturated heterocycles. The number of oxazole rings is 1. The van der Waals surface area contributed by atoms with E-state index in [0.29, 0.717) is 5.75 Å². The van der Waals surface area contributed by atoms with Gasteiger partial charge in [-0.3, -0.25) is 0 Å². The minimum Gasteiger partial charge on any atom is -0.507 e. The smallest absolute Gasteiger partial charge is 0.181 e. The summed E-state index contributed by atoms with van der Waals surface area (Å²) in [6.07, 6.45) is 3.05. The second-order valence-corrected chi connectivity index (χ2v) is 3.32. The molecule has 0 spiro atoms. The van der Waals surface area contributed by atoms with Crippen molar-refractivity contribution in [1.29, 1.82) is 0 Å². The number of phenols is 1. The summed E-state index contributed by atoms with van der Waals surface area (Å²) in [5.74, 6) is 1.06. The summed E-state index contributed by atoms with van der Waals surface area (Å²) in [7, 11) is 0. The first-order chi connectivity index (χ1) is 6.68. The van der Waals surface area contributed by atoms with Gasteiger partial charge in [0, 0.05) is 5.56 Å². The molecule has 2 aromatic rings. The summed E-state index contributed by atoms with van der Waals surface area (Å²) in [5.41, 5.74) is 2.63. The normalized spacial score (nSPS) is 10.4. The minimum atomic E-state index is 0.341. The summed E-state index contributed by atoms with van der Waals surface area (Å²) in [6, 6.07) is 3.76. The molecule has 0 aliphatic rings. The van der Waals surface area contributed by atoms with E-state index in [1.54, 1.807) is 6.20 Å². The van der Waals surface area contributed by atoms with Crippen molar-refractivity contribution in [2.24, 2.45) is 0 Å². The highest BCUT2D eigenvalue weighted by molar-refractivity contribution is 5.61. The molecule has 1 aromatic carbocycles. The van der Waals surface area contributed by atoms with Crippen LogP contribution in [-0.2, 0) is 0 Å². The SMILES string of the molecule is Cc1cc(-c2cnco2)cc(C)c1O. The van der Waals surface area contributed by atoms with Crippen LogP contribution in [0.4, 0.5) is 0 Å². The average Bonchev–Trinajstić information content (AvgIpc) is 2.66. The van der Waals surface area contributed by atoms with Crippen molar-refractivity contribution in [1.82, 2.24) is 4.98 Å². The van der Waals surface area contributed by atoms with Gasteiger partial charge < -0.3 is 9.52 Å². The van der Waals surface area contributed by atoms with Crippen LogP contribution in [0.1, 0.15) is 11.1 Å². The lowest BCUT2D eigenvalue weighted by Crippen LogP contribution is -1.83. The number of aryl methyl sites for hydroxylation is 2. The quantitative estimate of drug-likeness (QED) is 0.750. The molecule has 0 atom stereocenters. The molecule has 0 radical (unpaired) electrons. The molecule has 3 heteroatoms. The summed E-state index contributed by atoms with van der Waals surface area (Å²) < 4.78 is 5.18. The van der Waals surface area contributed by atoms with Crippen LogP contribution in [0.3, 0.4) is 0 Å². The molecule has 3 nitrogen and oxygen atoms in total. The molecule has 72 valence electrons. The highest BCUT2D eigenvalue weighted by Gasteiger charge is 2.06. The predicted octanol–water partition coefficient (Wildman–Crippen LogP) is 2.66. The Morgan fingerprint density at radius 3 is 2.36 bits per heavy atom. The Morgan fingerprint density at radius 2 is 1.86 bits per heavy atom. The number of aromatic hydroxyl groups is 1. The van der Waals surface area contributed by atoms with Crippen molar-refractivity contribution in [2.75, 3.05) is 0 Å². The standard InChI is InChI=1S/C11H11NO2/c1-7-3-9(4-8(2)11(7)13)10-5-12-6-14-10/h3-6,13H,1-2H3. The van der Waals surface area contributed by atoms with Crippen LogP contribution >= 0.6 is 0 Å². The number of hydrogen-bond acceptors (Lipinski definition) is 3. The Morgan fingerprint density at radius 1 is 1.21 bits per heavy atom. The number of aromatic nitrogens is 1. The third-order valence-electron chi connectivity index (χ3n) is 2.21. The van der Waals surface area contributed by atoms with Crippen LogP contribution in [0.15, 0.2) is 29.1 Å². The van der Waals surface area contributed by atoms with Gasteiger partial charge in [0.1, 0.15) is 5.75 Å². The van der Waals surface area contributed by atoms with Crippen LogP contribution in [0, 0.1) is 13.8 Å². The Labute approximate surface area is 82.0 Å². The number of hydrogen-bond donors (Lipinski definition) is 1. The fraction of sp³-hybridized carbons (Fsp3) is 0.182. The molecule has 1 aromatic heterocycles. The lowest BCUT2D eigenvalue weighted by Gasteiger charge is -2.05. The third kappa shape index (κ3) is 1.37. The largest absolute Gasteiger partial charge is 0.507 e. The summed E-state index contributed by atoms with van der Waals surface area (Å²) in [5, 5.41) is 9.58. The van der Waals surface area contributed by atoms with Gasteiger partial charge in [0.25, 0.3) is 0 Å². The molecule has 1 heterocycles. The van der Waals surface area contributed by atoms with Crippen molar-refractivity contribution in [3.05, 3.63) is 35.9 Å². The predicted molar refractivity (Wildman–Crippen MR) is 53.1 cm³/mol. The number of rotatable bonds is 1. The van der Waals surface area contributed by atoms with E-state index in [4.69, 9.17) is 4.42 Å². The Bertz CT molecular complexity index is 423. The maximum Gasteiger partial charge on any atom is 0.181 e. The number of nitrogens with zero attached hydrogens (tertiary/aromatic N) is 1. The molecule has 0 fully saturated rings. The van der Waals surface area contributed by atoms with E-state index in [2.05, 4.69) is 4.98 Å². The molecule has 0 aliphatic carbocycles. The summed E-state index contributed by atoms with van der Waals surface area (Å²) >= 11 is 0. The lowest BCUT2D eigenvalue weighted by atomic mass is 10.0. The third-order valence-corrected chi connectivity index (χ3v) is 2.21. The minimum absolute atomic E-state index is 0.341. The van der Waals surface area contributed by atoms with Crippen molar-refractivity contribution in [3.63, 3.8) is 0 Å². The fourth-order valence-electron chi connectivity index (χ4n) is 1.46. The van der Waals surface area contributed by atoms with E-state index < -0.39 is 0 Å². The molecule has 14 heavy (non-hydrogen) atoms. The van der Waals surface area contributed by atoms with Gasteiger partial charge in [-0.1, -0.05) is 0 Å². The topological polar surface area (TPSA) is 46.3 Å². The van der Waals surface area contributed by atoms with Crippen LogP contribution in [-0.4, -0.2) is 10.1 Å². The molecule has 0 amide bonds. The molecule has 0 unspecified atom stereocenters. The lowest BCUT2D eigenvalue weighted by molar-refractivity contribution is 0.467. The summed E-state index contributed by atoms with van der Waals surface area (Å²) in [4.78, 5) is 3.85. The van der Waals surface area contributed by atoms with Gasteiger partial charge in [-0.25, -0.2) is 4.98 Å². The van der Waals surface area contributed by atoms with E-state index in [-0.39, 0.29) is 0 Å². The van der Waals surface area contributed by atoms with E-state index in [0.717, 1.165) is 22.5 Å². The van der Waals surface area contributed by atoms with Crippen LogP contribution in [0.2, 0.25) is 0 Å². The van der Waals surface area contributed by atoms with E-state index in [9.17, 15) is 5.11 Å². The zero-order valence-corrected chi connectivity index (χ0v) is 8.11.